The molecule has 0 aliphatic rings. The summed E-state index contributed by atoms with van der Waals surface area (Å²) in [7, 11) is 0. The molecule has 0 amide bonds. The molecule has 2 nitrogen and oxygen atoms in total. The average molecular weight is 196 g/mol. The van der Waals surface area contributed by atoms with Crippen LogP contribution in [0.3, 0.4) is 0 Å². The van der Waals surface area contributed by atoms with E-state index in [1.54, 1.807) is 18.2 Å². The normalized spacial score (nSPS) is 11.8. The van der Waals surface area contributed by atoms with Crippen LogP contribution in [0.25, 0.3) is 0 Å². The molecular formula is C7H9KO2S. The predicted octanol–water partition coefficient (Wildman–Crippen LogP) is -1.31. The smallest absolute Gasteiger partial charge is 1.00 e. The molecule has 56 valence electrons. The summed E-state index contributed by atoms with van der Waals surface area (Å²) in [6.07, 6.45) is 0. The van der Waals surface area contributed by atoms with Crippen LogP contribution in [0, 0.1) is 6.92 Å². The summed E-state index contributed by atoms with van der Waals surface area (Å²) >= 11 is -1.84. The number of hydrogen-bond acceptors (Lipinski definition) is 1. The van der Waals surface area contributed by atoms with E-state index in [4.69, 9.17) is 4.55 Å². The topological polar surface area (TPSA) is 37.3 Å². The number of aryl methyl sites for hydroxylation is 1. The van der Waals surface area contributed by atoms with Gasteiger partial charge in [0, 0.05) is 0 Å². The third kappa shape index (κ3) is 3.94. The first-order valence-electron chi connectivity index (χ1n) is 2.87. The molecule has 1 atom stereocenters. The van der Waals surface area contributed by atoms with Gasteiger partial charge in [0.25, 0.3) is 0 Å². The molecule has 4 heteroatoms. The Hall–Kier alpha value is 0.966. The van der Waals surface area contributed by atoms with Crippen molar-refractivity contribution < 1.29 is 61.6 Å². The third-order valence-corrected chi connectivity index (χ3v) is 1.85. The molecule has 1 aromatic carbocycles. The first-order chi connectivity index (χ1) is 4.70. The fourth-order valence-corrected chi connectivity index (χ4v) is 1.21. The molecular weight excluding hydrogens is 187 g/mol. The minimum Gasteiger partial charge on any atom is -1.00 e. The van der Waals surface area contributed by atoms with Crippen LogP contribution in [0.5, 0.6) is 0 Å². The second kappa shape index (κ2) is 5.58. The standard InChI is InChI=1S/C7H8O2S.K.H/c1-6-3-2-4-7(5-6)10(8)9;;/h2-5H,1H3,(H,8,9);;/q;+1;-1. The van der Waals surface area contributed by atoms with E-state index in [-0.39, 0.29) is 52.8 Å². The molecule has 0 saturated carbocycles. The summed E-state index contributed by atoms with van der Waals surface area (Å²) in [5.41, 5.74) is 1.000. The van der Waals surface area contributed by atoms with Gasteiger partial charge in [-0.2, -0.15) is 0 Å². The molecule has 0 heterocycles. The maximum absolute atomic E-state index is 10.5. The molecule has 1 rings (SSSR count). The van der Waals surface area contributed by atoms with Gasteiger partial charge in [-0.05, 0) is 24.6 Å². The first kappa shape index (κ1) is 12.0. The zero-order chi connectivity index (χ0) is 7.56. The van der Waals surface area contributed by atoms with E-state index in [9.17, 15) is 4.21 Å². The summed E-state index contributed by atoms with van der Waals surface area (Å²) in [6.45, 7) is 1.89. The maximum Gasteiger partial charge on any atom is 1.00 e. The van der Waals surface area contributed by atoms with Gasteiger partial charge in [-0.25, -0.2) is 4.21 Å². The fraction of sp³-hybridized carbons (Fsp3) is 0.143. The van der Waals surface area contributed by atoms with Crippen LogP contribution >= 0.6 is 0 Å². The second-order valence-electron chi connectivity index (χ2n) is 2.07. The molecule has 0 spiro atoms. The Labute approximate surface area is 113 Å². The van der Waals surface area contributed by atoms with Crippen LogP contribution in [-0.4, -0.2) is 8.76 Å². The fourth-order valence-electron chi connectivity index (χ4n) is 0.724. The minimum atomic E-state index is -1.84. The molecule has 1 aromatic rings. The Balaban J connectivity index is 0. The molecule has 1 unspecified atom stereocenters. The Bertz CT molecular complexity index is 267. The molecule has 0 aliphatic heterocycles. The summed E-state index contributed by atoms with van der Waals surface area (Å²) in [4.78, 5) is 0.458. The van der Waals surface area contributed by atoms with Crippen LogP contribution < -0.4 is 51.4 Å². The van der Waals surface area contributed by atoms with Crippen molar-refractivity contribution in [3.8, 4) is 0 Å². The van der Waals surface area contributed by atoms with E-state index < -0.39 is 11.1 Å². The Morgan fingerprint density at radius 3 is 2.55 bits per heavy atom. The van der Waals surface area contributed by atoms with Crippen molar-refractivity contribution in [2.45, 2.75) is 11.8 Å². The zero-order valence-electron chi connectivity index (χ0n) is 7.57. The zero-order valence-corrected chi connectivity index (χ0v) is 10.5. The van der Waals surface area contributed by atoms with Gasteiger partial charge in [-0.15, -0.1) is 0 Å². The van der Waals surface area contributed by atoms with E-state index in [0.29, 0.717) is 4.90 Å². The molecule has 0 bridgehead atoms. The molecule has 11 heavy (non-hydrogen) atoms. The van der Waals surface area contributed by atoms with Crippen molar-refractivity contribution in [1.82, 2.24) is 0 Å². The van der Waals surface area contributed by atoms with Gasteiger partial charge < -0.3 is 5.98 Å². The SMILES string of the molecule is Cc1cccc(S(=O)O)c1.[H-].[K+]. The van der Waals surface area contributed by atoms with Crippen molar-refractivity contribution in [3.63, 3.8) is 0 Å². The molecule has 0 aromatic heterocycles. The molecule has 0 fully saturated rings. The van der Waals surface area contributed by atoms with Gasteiger partial charge in [0.1, 0.15) is 0 Å². The quantitative estimate of drug-likeness (QED) is 0.447. The molecule has 0 radical (unpaired) electrons. The van der Waals surface area contributed by atoms with Gasteiger partial charge in [-0.1, -0.05) is 12.1 Å². The monoisotopic (exact) mass is 196 g/mol. The van der Waals surface area contributed by atoms with Crippen molar-refractivity contribution in [2.24, 2.45) is 0 Å². The van der Waals surface area contributed by atoms with Crippen LogP contribution in [0.1, 0.15) is 6.99 Å². The van der Waals surface area contributed by atoms with Crippen LogP contribution in [-0.2, 0) is 11.1 Å². The van der Waals surface area contributed by atoms with E-state index >= 15 is 0 Å². The summed E-state index contributed by atoms with van der Waals surface area (Å²) < 4.78 is 19.1. The van der Waals surface area contributed by atoms with Crippen molar-refractivity contribution in [1.29, 1.82) is 0 Å². The van der Waals surface area contributed by atoms with Gasteiger partial charge in [0.15, 0.2) is 11.1 Å². The van der Waals surface area contributed by atoms with Gasteiger partial charge in [0.05, 0.1) is 4.90 Å². The van der Waals surface area contributed by atoms with Crippen LogP contribution in [0.4, 0.5) is 0 Å². The Kier molecular flexibility index (Phi) is 6.07. The average Bonchev–Trinajstić information content (AvgIpc) is 1.88. The largest absolute Gasteiger partial charge is 1.00 e. The molecule has 0 aliphatic carbocycles. The minimum absolute atomic E-state index is 0. The number of benzene rings is 1. The van der Waals surface area contributed by atoms with Crippen LogP contribution in [0.2, 0.25) is 0 Å². The Morgan fingerprint density at radius 2 is 2.18 bits per heavy atom. The van der Waals surface area contributed by atoms with Crippen LogP contribution in [0.15, 0.2) is 29.2 Å². The first-order valence-corrected chi connectivity index (χ1v) is 3.98. The summed E-state index contributed by atoms with van der Waals surface area (Å²) in [5, 5.41) is 0. The van der Waals surface area contributed by atoms with E-state index in [1.165, 1.54) is 0 Å². The van der Waals surface area contributed by atoms with Gasteiger partial charge >= 0.3 is 51.4 Å². The van der Waals surface area contributed by atoms with Gasteiger partial charge in [0.2, 0.25) is 0 Å². The molecule has 0 saturated heterocycles. The number of hydrogen-bond donors (Lipinski definition) is 1. The molecule has 1 N–H and O–H groups in total. The van der Waals surface area contributed by atoms with E-state index in [1.807, 2.05) is 13.0 Å². The van der Waals surface area contributed by atoms with Crippen molar-refractivity contribution in [3.05, 3.63) is 29.8 Å². The van der Waals surface area contributed by atoms with E-state index in [0.717, 1.165) is 5.56 Å². The third-order valence-electron chi connectivity index (χ3n) is 1.19. The van der Waals surface area contributed by atoms with Gasteiger partial charge in [-0.3, -0.25) is 0 Å². The maximum atomic E-state index is 10.5. The van der Waals surface area contributed by atoms with Crippen molar-refractivity contribution >= 4 is 11.1 Å². The second-order valence-corrected chi connectivity index (χ2v) is 3.04. The Morgan fingerprint density at radius 1 is 1.55 bits per heavy atom. The predicted molar refractivity (Wildman–Crippen MR) is 41.3 cm³/mol. The summed E-state index contributed by atoms with van der Waals surface area (Å²) in [6, 6.07) is 6.97. The van der Waals surface area contributed by atoms with E-state index in [2.05, 4.69) is 0 Å². The number of rotatable bonds is 1. The van der Waals surface area contributed by atoms with Crippen molar-refractivity contribution in [2.75, 3.05) is 0 Å². The summed E-state index contributed by atoms with van der Waals surface area (Å²) in [5.74, 6) is 0.